The van der Waals surface area contributed by atoms with E-state index in [9.17, 15) is 9.59 Å². The van der Waals surface area contributed by atoms with Crippen LogP contribution in [0.2, 0.25) is 0 Å². The number of aromatic nitrogens is 3. The molecule has 5 rings (SSSR count). The second kappa shape index (κ2) is 10.8. The lowest BCUT2D eigenvalue weighted by atomic mass is 10.1. The van der Waals surface area contributed by atoms with Crippen molar-refractivity contribution in [2.24, 2.45) is 0 Å². The number of fused-ring (bicyclic) bond motifs is 2. The first-order chi connectivity index (χ1) is 17.6. The fourth-order valence-corrected chi connectivity index (χ4v) is 4.55. The van der Waals surface area contributed by atoms with Crippen LogP contribution in [-0.4, -0.2) is 71.3 Å². The van der Waals surface area contributed by atoms with Gasteiger partial charge in [0.05, 0.1) is 30.5 Å². The Balaban J connectivity index is 0.000000176. The summed E-state index contributed by atoms with van der Waals surface area (Å²) in [6.07, 6.45) is 6.50. The number of hydrogen-bond acceptors (Lipinski definition) is 5. The number of carbonyl (C=O) groups is 2. The molecule has 0 saturated carbocycles. The van der Waals surface area contributed by atoms with Crippen molar-refractivity contribution < 1.29 is 18.7 Å². The van der Waals surface area contributed by atoms with Crippen molar-refractivity contribution >= 4 is 65.7 Å². The monoisotopic (exact) mass is 629 g/mol. The molecule has 2 amide bonds. The zero-order valence-corrected chi connectivity index (χ0v) is 24.1. The van der Waals surface area contributed by atoms with E-state index in [1.807, 2.05) is 36.4 Å². The molecule has 0 saturated heterocycles. The van der Waals surface area contributed by atoms with Gasteiger partial charge in [0.1, 0.15) is 5.75 Å². The molecule has 0 aliphatic rings. The molecule has 0 atom stereocenters. The molecule has 3 aromatic heterocycles. The first kappa shape index (κ1) is 26.5. The lowest BCUT2D eigenvalue weighted by molar-refractivity contribution is 0.219. The molecule has 11 heteroatoms. The molecular weight excluding hydrogens is 606 g/mol. The minimum Gasteiger partial charge on any atom is -0.494 e. The van der Waals surface area contributed by atoms with Crippen molar-refractivity contribution in [1.29, 1.82) is 0 Å². The molecule has 37 heavy (non-hydrogen) atoms. The van der Waals surface area contributed by atoms with Crippen LogP contribution in [0.25, 0.3) is 33.1 Å². The molecule has 9 nitrogen and oxygen atoms in total. The van der Waals surface area contributed by atoms with Crippen molar-refractivity contribution in [2.45, 2.75) is 0 Å². The highest BCUT2D eigenvalue weighted by Crippen LogP contribution is 2.33. The fourth-order valence-electron chi connectivity index (χ4n) is 3.83. The van der Waals surface area contributed by atoms with Gasteiger partial charge in [-0.25, -0.2) is 14.6 Å². The van der Waals surface area contributed by atoms with Gasteiger partial charge in [-0.1, -0.05) is 31.9 Å². The van der Waals surface area contributed by atoms with Gasteiger partial charge in [-0.2, -0.15) is 0 Å². The van der Waals surface area contributed by atoms with Crippen LogP contribution in [0, 0.1) is 0 Å². The van der Waals surface area contributed by atoms with E-state index in [4.69, 9.17) is 9.15 Å². The SMILES string of the molecule is CN(C)C(=O)n1cc(-c2cnco2)c2cc(Br)ccc21.COc1cn(C(=O)N(C)C)c2ccc(Br)cc12. The normalized spacial score (nSPS) is 10.8. The summed E-state index contributed by atoms with van der Waals surface area (Å²) in [6.45, 7) is 0. The molecule has 0 N–H and O–H groups in total. The maximum absolute atomic E-state index is 12.3. The van der Waals surface area contributed by atoms with Gasteiger partial charge >= 0.3 is 12.1 Å². The number of carbonyl (C=O) groups excluding carboxylic acids is 2. The number of halogens is 2. The van der Waals surface area contributed by atoms with Gasteiger partial charge in [0.25, 0.3) is 0 Å². The highest BCUT2D eigenvalue weighted by Gasteiger charge is 2.18. The van der Waals surface area contributed by atoms with E-state index in [1.165, 1.54) is 16.2 Å². The molecule has 0 bridgehead atoms. The zero-order valence-electron chi connectivity index (χ0n) is 20.9. The van der Waals surface area contributed by atoms with Crippen LogP contribution in [0.3, 0.4) is 0 Å². The van der Waals surface area contributed by atoms with E-state index in [0.29, 0.717) is 11.5 Å². The molecule has 0 aliphatic heterocycles. The van der Waals surface area contributed by atoms with Crippen LogP contribution in [0.1, 0.15) is 0 Å². The number of methoxy groups -OCH3 is 1. The van der Waals surface area contributed by atoms with Crippen LogP contribution < -0.4 is 4.74 Å². The van der Waals surface area contributed by atoms with E-state index in [2.05, 4.69) is 36.8 Å². The Hall–Kier alpha value is -3.57. The lowest BCUT2D eigenvalue weighted by Crippen LogP contribution is -2.26. The Morgan fingerprint density at radius 1 is 0.865 bits per heavy atom. The summed E-state index contributed by atoms with van der Waals surface area (Å²) < 4.78 is 15.7. The third-order valence-corrected chi connectivity index (χ3v) is 6.58. The van der Waals surface area contributed by atoms with E-state index < -0.39 is 0 Å². The zero-order chi connectivity index (χ0) is 26.9. The summed E-state index contributed by atoms with van der Waals surface area (Å²) in [5, 5.41) is 1.85. The third kappa shape index (κ3) is 5.28. The van der Waals surface area contributed by atoms with E-state index in [1.54, 1.807) is 63.0 Å². The smallest absolute Gasteiger partial charge is 0.328 e. The van der Waals surface area contributed by atoms with Gasteiger partial charge in [0.2, 0.25) is 0 Å². The molecule has 0 unspecified atom stereocenters. The van der Waals surface area contributed by atoms with E-state index in [0.717, 1.165) is 36.3 Å². The Kier molecular flexibility index (Phi) is 7.74. The molecule has 0 spiro atoms. The van der Waals surface area contributed by atoms with Gasteiger partial charge < -0.3 is 19.0 Å². The minimum atomic E-state index is -0.108. The Labute approximate surface area is 230 Å². The second-order valence-corrected chi connectivity index (χ2v) is 10.4. The maximum Gasteiger partial charge on any atom is 0.328 e. The maximum atomic E-state index is 12.3. The number of rotatable bonds is 2. The first-order valence-corrected chi connectivity index (χ1v) is 12.7. The van der Waals surface area contributed by atoms with Gasteiger partial charge in [-0.15, -0.1) is 0 Å². The highest BCUT2D eigenvalue weighted by atomic mass is 79.9. The van der Waals surface area contributed by atoms with Crippen molar-refractivity contribution in [1.82, 2.24) is 23.9 Å². The summed E-state index contributed by atoms with van der Waals surface area (Å²) in [5.41, 5.74) is 2.51. The summed E-state index contributed by atoms with van der Waals surface area (Å²) >= 11 is 6.87. The van der Waals surface area contributed by atoms with Crippen LogP contribution in [0.4, 0.5) is 9.59 Å². The summed E-state index contributed by atoms with van der Waals surface area (Å²) in [6, 6.07) is 11.3. The Morgan fingerprint density at radius 2 is 1.41 bits per heavy atom. The van der Waals surface area contributed by atoms with Crippen molar-refractivity contribution in [3.63, 3.8) is 0 Å². The molecule has 0 fully saturated rings. The minimum absolute atomic E-state index is 0.0966. The number of hydrogen-bond donors (Lipinski definition) is 0. The standard InChI is InChI=1S/C14H12BrN3O2.C12H13BrN2O2/c1-17(2)14(19)18-7-11(13-6-16-8-20-13)10-5-9(15)3-4-12(10)18;1-14(2)12(16)15-7-11(17-3)9-6-8(13)4-5-10(9)15/h3-8H,1-2H3;4-7H,1-3H3. The third-order valence-electron chi connectivity index (χ3n) is 5.59. The second-order valence-electron chi connectivity index (χ2n) is 8.52. The number of benzene rings is 2. The number of nitrogens with zero attached hydrogens (tertiary/aromatic N) is 5. The van der Waals surface area contributed by atoms with Gasteiger partial charge in [-0.3, -0.25) is 9.13 Å². The molecule has 3 heterocycles. The van der Waals surface area contributed by atoms with E-state index in [-0.39, 0.29) is 12.1 Å². The Bertz CT molecular complexity index is 1590. The summed E-state index contributed by atoms with van der Waals surface area (Å²) in [5.74, 6) is 1.33. The molecule has 0 aliphatic carbocycles. The van der Waals surface area contributed by atoms with Crippen LogP contribution in [0.15, 0.2) is 74.7 Å². The van der Waals surface area contributed by atoms with Crippen molar-refractivity contribution in [3.8, 4) is 17.1 Å². The molecule has 5 aromatic rings. The predicted molar refractivity (Wildman–Crippen MR) is 150 cm³/mol. The highest BCUT2D eigenvalue weighted by molar-refractivity contribution is 9.10. The summed E-state index contributed by atoms with van der Waals surface area (Å²) in [4.78, 5) is 31.2. The van der Waals surface area contributed by atoms with Crippen molar-refractivity contribution in [2.75, 3.05) is 35.3 Å². The molecule has 2 aromatic carbocycles. The first-order valence-electron chi connectivity index (χ1n) is 11.1. The van der Waals surface area contributed by atoms with Crippen LogP contribution >= 0.6 is 31.9 Å². The fraction of sp³-hybridized carbons (Fsp3) is 0.192. The largest absolute Gasteiger partial charge is 0.494 e. The van der Waals surface area contributed by atoms with Crippen molar-refractivity contribution in [3.05, 3.63) is 70.3 Å². The molecule has 192 valence electrons. The van der Waals surface area contributed by atoms with Gasteiger partial charge in [0.15, 0.2) is 12.2 Å². The van der Waals surface area contributed by atoms with Crippen LogP contribution in [0.5, 0.6) is 5.75 Å². The quantitative estimate of drug-likeness (QED) is 0.221. The average Bonchev–Trinajstić information content (AvgIpc) is 3.60. The molecule has 0 radical (unpaired) electrons. The predicted octanol–water partition coefficient (Wildman–Crippen LogP) is 6.53. The van der Waals surface area contributed by atoms with Gasteiger partial charge in [0, 0.05) is 59.7 Å². The van der Waals surface area contributed by atoms with Crippen LogP contribution in [-0.2, 0) is 0 Å². The lowest BCUT2D eigenvalue weighted by Gasteiger charge is -2.11. The van der Waals surface area contributed by atoms with E-state index >= 15 is 0 Å². The Morgan fingerprint density at radius 3 is 1.92 bits per heavy atom. The summed E-state index contributed by atoms with van der Waals surface area (Å²) in [7, 11) is 8.49. The number of amides is 2. The topological polar surface area (TPSA) is 85.7 Å². The average molecular weight is 631 g/mol. The number of oxazole rings is 1. The molecular formula is C26H25Br2N5O4. The number of ether oxygens (including phenoxy) is 1. The van der Waals surface area contributed by atoms with Gasteiger partial charge in [-0.05, 0) is 36.4 Å².